The number of nitrogens with one attached hydrogen (secondary N) is 2. The molecule has 6 heteroatoms. The largest absolute Gasteiger partial charge is 0.493 e. The first kappa shape index (κ1) is 18.1. The first-order valence-electron chi connectivity index (χ1n) is 7.99. The van der Waals surface area contributed by atoms with Crippen molar-refractivity contribution in [2.45, 2.75) is 19.8 Å². The van der Waals surface area contributed by atoms with Gasteiger partial charge in [-0.1, -0.05) is 13.0 Å². The van der Waals surface area contributed by atoms with Gasteiger partial charge in [0.2, 0.25) is 0 Å². The first-order valence-corrected chi connectivity index (χ1v) is 8.87. The smallest absolute Gasteiger partial charge is 0.195 e. The molecule has 0 bridgehead atoms. The molecular weight excluding hydrogens is 322 g/mol. The van der Waals surface area contributed by atoms with Crippen LogP contribution in [0.3, 0.4) is 0 Å². The maximum atomic E-state index is 5.61. The number of guanidine groups is 1. The predicted molar refractivity (Wildman–Crippen MR) is 102 cm³/mol. The van der Waals surface area contributed by atoms with E-state index in [9.17, 15) is 0 Å². The quantitative estimate of drug-likeness (QED) is 0.588. The van der Waals surface area contributed by atoms with Gasteiger partial charge in [0, 0.05) is 36.1 Å². The summed E-state index contributed by atoms with van der Waals surface area (Å²) in [7, 11) is 3.40. The molecule has 0 aliphatic heterocycles. The topological polar surface area (TPSA) is 54.9 Å². The summed E-state index contributed by atoms with van der Waals surface area (Å²) in [6.07, 6.45) is 0. The third-order valence-electron chi connectivity index (χ3n) is 3.55. The fourth-order valence-corrected chi connectivity index (χ4v) is 3.05. The van der Waals surface area contributed by atoms with Crippen molar-refractivity contribution < 1.29 is 9.47 Å². The molecule has 1 aromatic heterocycles. The van der Waals surface area contributed by atoms with Gasteiger partial charge < -0.3 is 20.1 Å². The highest BCUT2D eigenvalue weighted by Crippen LogP contribution is 2.30. The van der Waals surface area contributed by atoms with Crippen molar-refractivity contribution in [2.24, 2.45) is 4.99 Å². The number of ether oxygens (including phenoxy) is 2. The molecular formula is C18H25N3O2S. The Morgan fingerprint density at radius 3 is 2.75 bits per heavy atom. The van der Waals surface area contributed by atoms with Crippen LogP contribution in [0.25, 0.3) is 0 Å². The number of thiophene rings is 1. The second kappa shape index (κ2) is 9.17. The average molecular weight is 347 g/mol. The zero-order valence-corrected chi connectivity index (χ0v) is 15.4. The highest BCUT2D eigenvalue weighted by atomic mass is 32.1. The maximum Gasteiger partial charge on any atom is 0.195 e. The number of nitrogens with zero attached hydrogens (tertiary/aromatic N) is 1. The Bertz CT molecular complexity index is 656. The Kier molecular flexibility index (Phi) is 6.93. The lowest BCUT2D eigenvalue weighted by Crippen LogP contribution is -2.33. The predicted octanol–water partition coefficient (Wildman–Crippen LogP) is 3.95. The summed E-state index contributed by atoms with van der Waals surface area (Å²) < 4.78 is 10.9. The maximum absolute atomic E-state index is 5.61. The van der Waals surface area contributed by atoms with Crippen LogP contribution in [-0.4, -0.2) is 33.3 Å². The molecule has 0 saturated heterocycles. The van der Waals surface area contributed by atoms with Crippen molar-refractivity contribution in [3.05, 3.63) is 40.6 Å². The highest BCUT2D eigenvalue weighted by Gasteiger charge is 2.09. The van der Waals surface area contributed by atoms with E-state index in [1.165, 1.54) is 4.88 Å². The Hall–Kier alpha value is -2.21. The molecule has 1 atom stereocenters. The van der Waals surface area contributed by atoms with Crippen LogP contribution in [-0.2, 0) is 0 Å². The summed E-state index contributed by atoms with van der Waals surface area (Å²) in [5, 5.41) is 8.75. The minimum absolute atomic E-state index is 0.429. The van der Waals surface area contributed by atoms with Crippen molar-refractivity contribution in [3.63, 3.8) is 0 Å². The normalized spacial score (nSPS) is 12.6. The standard InChI is InChI=1S/C18H25N3O2S/c1-5-23-16-11-14(8-9-15(16)22-4)21-18(19-3)20-12-13(2)17-7-6-10-24-17/h6-11,13H,5,12H2,1-4H3,(H2,19,20,21). The van der Waals surface area contributed by atoms with Crippen molar-refractivity contribution >= 4 is 23.0 Å². The molecule has 2 aromatic rings. The summed E-state index contributed by atoms with van der Waals surface area (Å²) in [5.74, 6) is 2.59. The van der Waals surface area contributed by atoms with Crippen molar-refractivity contribution in [3.8, 4) is 11.5 Å². The van der Waals surface area contributed by atoms with E-state index in [-0.39, 0.29) is 0 Å². The third-order valence-corrected chi connectivity index (χ3v) is 4.66. The molecule has 0 aliphatic rings. The molecule has 0 aliphatic carbocycles. The van der Waals surface area contributed by atoms with Gasteiger partial charge in [-0.15, -0.1) is 11.3 Å². The van der Waals surface area contributed by atoms with Gasteiger partial charge in [0.05, 0.1) is 13.7 Å². The first-order chi connectivity index (χ1) is 11.7. The number of hydrogen-bond acceptors (Lipinski definition) is 4. The SMILES string of the molecule is CCOc1cc(NC(=NC)NCC(C)c2cccs2)ccc1OC. The molecule has 2 N–H and O–H groups in total. The van der Waals surface area contributed by atoms with Crippen LogP contribution in [0.4, 0.5) is 5.69 Å². The second-order valence-corrected chi connectivity index (χ2v) is 6.27. The second-order valence-electron chi connectivity index (χ2n) is 5.29. The van der Waals surface area contributed by atoms with Gasteiger partial charge in [0.1, 0.15) is 0 Å². The van der Waals surface area contributed by atoms with Crippen LogP contribution in [0.15, 0.2) is 40.7 Å². The van der Waals surface area contributed by atoms with Crippen LogP contribution in [0.1, 0.15) is 24.6 Å². The van der Waals surface area contributed by atoms with Crippen LogP contribution in [0, 0.1) is 0 Å². The van der Waals surface area contributed by atoms with E-state index in [2.05, 4.69) is 40.1 Å². The highest BCUT2D eigenvalue weighted by molar-refractivity contribution is 7.10. The minimum atomic E-state index is 0.429. The minimum Gasteiger partial charge on any atom is -0.493 e. The van der Waals surface area contributed by atoms with E-state index >= 15 is 0 Å². The summed E-state index contributed by atoms with van der Waals surface area (Å²) >= 11 is 1.78. The van der Waals surface area contributed by atoms with Crippen LogP contribution >= 0.6 is 11.3 Å². The molecule has 0 radical (unpaired) electrons. The lowest BCUT2D eigenvalue weighted by atomic mass is 10.1. The molecule has 1 unspecified atom stereocenters. The fraction of sp³-hybridized carbons (Fsp3) is 0.389. The Labute approximate surface area is 147 Å². The summed E-state index contributed by atoms with van der Waals surface area (Å²) in [6.45, 7) is 5.55. The number of methoxy groups -OCH3 is 1. The van der Waals surface area contributed by atoms with Gasteiger partial charge in [0.25, 0.3) is 0 Å². The number of aliphatic imine (C=N–C) groups is 1. The zero-order valence-electron chi connectivity index (χ0n) is 14.6. The molecule has 1 heterocycles. The van der Waals surface area contributed by atoms with Crippen molar-refractivity contribution in [2.75, 3.05) is 32.6 Å². The molecule has 5 nitrogen and oxygen atoms in total. The van der Waals surface area contributed by atoms with E-state index in [4.69, 9.17) is 9.47 Å². The fourth-order valence-electron chi connectivity index (χ4n) is 2.26. The van der Waals surface area contributed by atoms with Crippen LogP contribution in [0.5, 0.6) is 11.5 Å². The molecule has 0 saturated carbocycles. The molecule has 1 aromatic carbocycles. The Balaban J connectivity index is 1.98. The molecule has 0 amide bonds. The van der Waals surface area contributed by atoms with Crippen molar-refractivity contribution in [1.29, 1.82) is 0 Å². The van der Waals surface area contributed by atoms with Gasteiger partial charge in [0.15, 0.2) is 17.5 Å². The zero-order chi connectivity index (χ0) is 17.4. The molecule has 130 valence electrons. The lowest BCUT2D eigenvalue weighted by molar-refractivity contribution is 0.311. The average Bonchev–Trinajstić information content (AvgIpc) is 3.13. The number of anilines is 1. The number of hydrogen-bond donors (Lipinski definition) is 2. The monoisotopic (exact) mass is 347 g/mol. The van der Waals surface area contributed by atoms with Gasteiger partial charge >= 0.3 is 0 Å². The molecule has 0 fully saturated rings. The van der Waals surface area contributed by atoms with Crippen molar-refractivity contribution in [1.82, 2.24) is 5.32 Å². The molecule has 0 spiro atoms. The van der Waals surface area contributed by atoms with E-state index < -0.39 is 0 Å². The van der Waals surface area contributed by atoms with E-state index in [1.807, 2.05) is 25.1 Å². The molecule has 2 rings (SSSR count). The Morgan fingerprint density at radius 1 is 1.29 bits per heavy atom. The van der Waals surface area contributed by atoms with Gasteiger partial charge in [-0.05, 0) is 30.5 Å². The summed E-state index contributed by atoms with van der Waals surface area (Å²) in [5.41, 5.74) is 0.899. The van der Waals surface area contributed by atoms with Crippen LogP contribution < -0.4 is 20.1 Å². The van der Waals surface area contributed by atoms with Gasteiger partial charge in [-0.3, -0.25) is 4.99 Å². The summed E-state index contributed by atoms with van der Waals surface area (Å²) in [6, 6.07) is 9.98. The Morgan fingerprint density at radius 2 is 2.12 bits per heavy atom. The van der Waals surface area contributed by atoms with E-state index in [0.717, 1.165) is 23.9 Å². The third kappa shape index (κ3) is 4.89. The van der Waals surface area contributed by atoms with Gasteiger partial charge in [-0.25, -0.2) is 0 Å². The number of benzene rings is 1. The van der Waals surface area contributed by atoms with E-state index in [0.29, 0.717) is 18.3 Å². The van der Waals surface area contributed by atoms with Crippen LogP contribution in [0.2, 0.25) is 0 Å². The van der Waals surface area contributed by atoms with Gasteiger partial charge in [-0.2, -0.15) is 0 Å². The van der Waals surface area contributed by atoms with E-state index in [1.54, 1.807) is 25.5 Å². The summed E-state index contributed by atoms with van der Waals surface area (Å²) in [4.78, 5) is 5.64. The lowest BCUT2D eigenvalue weighted by Gasteiger charge is -2.16. The molecule has 24 heavy (non-hydrogen) atoms. The number of rotatable bonds is 7.